The first-order chi connectivity index (χ1) is 19.6. The fourth-order valence-corrected chi connectivity index (χ4v) is 5.28. The first-order valence-corrected chi connectivity index (χ1v) is 13.3. The summed E-state index contributed by atoms with van der Waals surface area (Å²) < 4.78 is 50.6. The number of rotatable bonds is 6. The number of aromatic nitrogens is 1. The van der Waals surface area contributed by atoms with Crippen molar-refractivity contribution >= 4 is 29.2 Å². The summed E-state index contributed by atoms with van der Waals surface area (Å²) in [6.07, 6.45) is -2.97. The predicted octanol–water partition coefficient (Wildman–Crippen LogP) is 4.85. The Balaban J connectivity index is 1.19. The highest BCUT2D eigenvalue weighted by atomic mass is 19.4. The van der Waals surface area contributed by atoms with Crippen molar-refractivity contribution in [2.75, 3.05) is 43.5 Å². The van der Waals surface area contributed by atoms with Gasteiger partial charge in [0.15, 0.2) is 5.69 Å². The summed E-state index contributed by atoms with van der Waals surface area (Å²) in [6, 6.07) is 14.8. The normalized spacial score (nSPS) is 17.9. The molecule has 1 unspecified atom stereocenters. The van der Waals surface area contributed by atoms with E-state index in [1.165, 1.54) is 19.2 Å². The molecule has 0 bridgehead atoms. The minimum absolute atomic E-state index is 0.0654. The molecule has 5 rings (SSSR count). The fourth-order valence-electron chi connectivity index (χ4n) is 5.28. The number of hydrogen-bond acceptors (Lipinski definition) is 7. The number of carbonyl (C=O) groups excluding carboxylic acids is 3. The van der Waals surface area contributed by atoms with Crippen LogP contribution in [0.2, 0.25) is 0 Å². The number of likely N-dealkylation sites (tertiary alicyclic amines) is 1. The van der Waals surface area contributed by atoms with Crippen LogP contribution in [0.5, 0.6) is 0 Å². The average molecular weight is 571 g/mol. The summed E-state index contributed by atoms with van der Waals surface area (Å²) in [4.78, 5) is 45.2. The highest BCUT2D eigenvalue weighted by molar-refractivity contribution is 6.04. The Morgan fingerprint density at radius 1 is 0.951 bits per heavy atom. The van der Waals surface area contributed by atoms with Crippen LogP contribution in [0, 0.1) is 11.8 Å². The lowest BCUT2D eigenvalue weighted by Gasteiger charge is -2.34. The van der Waals surface area contributed by atoms with Crippen LogP contribution in [0.25, 0.3) is 11.5 Å². The summed E-state index contributed by atoms with van der Waals surface area (Å²) in [5.74, 6) is -3.40. The maximum absolute atomic E-state index is 13.6. The summed E-state index contributed by atoms with van der Waals surface area (Å²) in [5.41, 5.74) is 0.640. The number of methoxy groups -OCH3 is 1. The van der Waals surface area contributed by atoms with Crippen LogP contribution < -0.4 is 10.2 Å². The number of halogens is 3. The van der Waals surface area contributed by atoms with E-state index in [2.05, 4.69) is 15.2 Å². The van der Waals surface area contributed by atoms with Crippen molar-refractivity contribution in [1.82, 2.24) is 9.88 Å². The third kappa shape index (κ3) is 6.21. The van der Waals surface area contributed by atoms with Gasteiger partial charge in [-0.2, -0.15) is 13.2 Å². The molecule has 1 N–H and O–H groups in total. The van der Waals surface area contributed by atoms with E-state index >= 15 is 0 Å². The molecule has 2 aliphatic heterocycles. The molecule has 2 fully saturated rings. The predicted molar refractivity (Wildman–Crippen MR) is 143 cm³/mol. The quantitative estimate of drug-likeness (QED) is 0.423. The van der Waals surface area contributed by atoms with Gasteiger partial charge >= 0.3 is 12.1 Å². The number of anilines is 2. The number of ether oxygens (including phenoxy) is 1. The number of nitrogens with zero attached hydrogens (tertiary/aromatic N) is 3. The molecule has 9 nitrogen and oxygen atoms in total. The third-order valence-electron chi connectivity index (χ3n) is 7.49. The largest absolute Gasteiger partial charge is 0.469 e. The summed E-state index contributed by atoms with van der Waals surface area (Å²) in [5, 5.41) is 2.47. The molecule has 2 aliphatic rings. The zero-order valence-corrected chi connectivity index (χ0v) is 22.3. The third-order valence-corrected chi connectivity index (χ3v) is 7.49. The Morgan fingerprint density at radius 3 is 2.24 bits per heavy atom. The van der Waals surface area contributed by atoms with Crippen molar-refractivity contribution in [1.29, 1.82) is 0 Å². The molecular formula is C29H29F3N4O5. The van der Waals surface area contributed by atoms with Crippen LogP contribution in [-0.2, 0) is 20.5 Å². The molecule has 0 radical (unpaired) electrons. The van der Waals surface area contributed by atoms with Crippen molar-refractivity contribution < 1.29 is 36.7 Å². The number of piperidine rings is 1. The Hall–Kier alpha value is -4.35. The minimum Gasteiger partial charge on any atom is -0.469 e. The van der Waals surface area contributed by atoms with Crippen LogP contribution in [-0.4, -0.2) is 61.0 Å². The maximum Gasteiger partial charge on any atom is 0.452 e. The van der Waals surface area contributed by atoms with Crippen molar-refractivity contribution in [3.63, 3.8) is 0 Å². The molecule has 216 valence electrons. The van der Waals surface area contributed by atoms with Crippen molar-refractivity contribution in [2.24, 2.45) is 11.8 Å². The Morgan fingerprint density at radius 2 is 1.61 bits per heavy atom. The molecule has 2 amide bonds. The summed E-state index contributed by atoms with van der Waals surface area (Å²) in [6.45, 7) is 2.24. The van der Waals surface area contributed by atoms with Crippen LogP contribution in [0.1, 0.15) is 35.5 Å². The number of amides is 2. The van der Waals surface area contributed by atoms with Gasteiger partial charge in [0.2, 0.25) is 17.6 Å². The Bertz CT molecular complexity index is 1400. The number of alkyl halides is 3. The van der Waals surface area contributed by atoms with Crippen LogP contribution >= 0.6 is 0 Å². The van der Waals surface area contributed by atoms with Gasteiger partial charge in [-0.15, -0.1) is 0 Å². The molecule has 0 spiro atoms. The number of esters is 1. The second-order valence-corrected chi connectivity index (χ2v) is 10.1. The Labute approximate surface area is 234 Å². The average Bonchev–Trinajstić information content (AvgIpc) is 3.66. The summed E-state index contributed by atoms with van der Waals surface area (Å²) >= 11 is 0. The lowest BCUT2D eigenvalue weighted by molar-refractivity contribution is -0.153. The van der Waals surface area contributed by atoms with E-state index in [-0.39, 0.29) is 29.6 Å². The fraction of sp³-hybridized carbons (Fsp3) is 0.379. The van der Waals surface area contributed by atoms with Crippen LogP contribution in [0.3, 0.4) is 0 Å². The lowest BCUT2D eigenvalue weighted by Crippen LogP contribution is -2.42. The van der Waals surface area contributed by atoms with E-state index in [0.29, 0.717) is 56.7 Å². The van der Waals surface area contributed by atoms with Crippen molar-refractivity contribution in [3.05, 3.63) is 66.1 Å². The first kappa shape index (κ1) is 28.2. The van der Waals surface area contributed by atoms with Crippen molar-refractivity contribution in [2.45, 2.75) is 25.4 Å². The highest BCUT2D eigenvalue weighted by Crippen LogP contribution is 2.36. The van der Waals surface area contributed by atoms with Crippen LogP contribution in [0.15, 0.2) is 59.0 Å². The zero-order valence-electron chi connectivity index (χ0n) is 22.3. The molecule has 12 heteroatoms. The number of hydrogen-bond donors (Lipinski definition) is 1. The molecule has 3 aromatic rings. The number of benzene rings is 2. The smallest absolute Gasteiger partial charge is 0.452 e. The van der Waals surface area contributed by atoms with Gasteiger partial charge in [-0.05, 0) is 55.7 Å². The molecule has 1 aromatic heterocycles. The molecule has 41 heavy (non-hydrogen) atoms. The molecule has 0 saturated carbocycles. The van der Waals surface area contributed by atoms with Gasteiger partial charge in [0.05, 0.1) is 13.0 Å². The molecular weight excluding hydrogens is 541 g/mol. The van der Waals surface area contributed by atoms with E-state index in [4.69, 9.17) is 9.15 Å². The van der Waals surface area contributed by atoms with Crippen molar-refractivity contribution in [3.8, 4) is 11.5 Å². The number of oxazole rings is 1. The molecule has 2 aromatic carbocycles. The second kappa shape index (κ2) is 11.6. The first-order valence-electron chi connectivity index (χ1n) is 13.3. The standard InChI is InChI=1S/C29H29F3N4O5/c1-40-28(39)20-13-16-36(17-20)27(38)19-11-14-35(15-12-19)22-9-7-21(8-10-22)33-25(37)23-24(29(30,31)32)41-26(34-23)18-5-3-2-4-6-18/h2-10,19-20H,11-17H2,1H3,(H,33,37). The zero-order chi connectivity index (χ0) is 29.1. The molecule has 0 aliphatic carbocycles. The van der Waals surface area contributed by atoms with Gasteiger partial charge in [0.25, 0.3) is 5.91 Å². The second-order valence-electron chi connectivity index (χ2n) is 10.1. The van der Waals surface area contributed by atoms with E-state index in [9.17, 15) is 27.6 Å². The minimum atomic E-state index is -4.90. The van der Waals surface area contributed by atoms with E-state index in [1.54, 1.807) is 47.4 Å². The molecule has 1 atom stereocenters. The topological polar surface area (TPSA) is 105 Å². The van der Waals surface area contributed by atoms with Crippen LogP contribution in [0.4, 0.5) is 24.5 Å². The monoisotopic (exact) mass is 570 g/mol. The van der Waals surface area contributed by atoms with Gasteiger partial charge in [0, 0.05) is 49.0 Å². The van der Waals surface area contributed by atoms with Gasteiger partial charge < -0.3 is 24.3 Å². The maximum atomic E-state index is 13.6. The SMILES string of the molecule is COC(=O)C1CCN(C(=O)C2CCN(c3ccc(NC(=O)c4nc(-c5ccccc5)oc4C(F)(F)F)cc3)CC2)C1. The number of carbonyl (C=O) groups is 3. The van der Waals surface area contributed by atoms with E-state index in [0.717, 1.165) is 5.69 Å². The van der Waals surface area contributed by atoms with Gasteiger partial charge in [-0.25, -0.2) is 4.98 Å². The van der Waals surface area contributed by atoms with E-state index in [1.807, 2.05) is 0 Å². The molecule has 3 heterocycles. The lowest BCUT2D eigenvalue weighted by atomic mass is 9.95. The molecule has 2 saturated heterocycles. The highest BCUT2D eigenvalue weighted by Gasteiger charge is 2.42. The van der Waals surface area contributed by atoms with Gasteiger partial charge in [-0.3, -0.25) is 14.4 Å². The summed E-state index contributed by atoms with van der Waals surface area (Å²) in [7, 11) is 1.35. The van der Waals surface area contributed by atoms with Gasteiger partial charge in [-0.1, -0.05) is 18.2 Å². The van der Waals surface area contributed by atoms with E-state index < -0.39 is 23.5 Å². The Kier molecular flexibility index (Phi) is 8.00. The number of nitrogens with one attached hydrogen (secondary N) is 1. The van der Waals surface area contributed by atoms with Gasteiger partial charge in [0.1, 0.15) is 0 Å².